The molecule has 0 unspecified atom stereocenters. The Kier molecular flexibility index (Phi) is 4.74. The van der Waals surface area contributed by atoms with Crippen LogP contribution in [0.5, 0.6) is 17.2 Å². The largest absolute Gasteiger partial charge is 0.507 e. The van der Waals surface area contributed by atoms with E-state index in [0.29, 0.717) is 11.3 Å². The van der Waals surface area contributed by atoms with Crippen molar-refractivity contribution < 1.29 is 24.2 Å². The number of hydrogen-bond donors (Lipinski definition) is 1. The van der Waals surface area contributed by atoms with Crippen molar-refractivity contribution in [3.63, 3.8) is 0 Å². The number of ketones is 2. The summed E-state index contributed by atoms with van der Waals surface area (Å²) < 4.78 is 11.4. The molecule has 1 aromatic carbocycles. The number of aromatic hydroxyl groups is 1. The van der Waals surface area contributed by atoms with E-state index in [9.17, 15) is 14.7 Å². The lowest BCUT2D eigenvalue weighted by Crippen LogP contribution is -2.29. The lowest BCUT2D eigenvalue weighted by molar-refractivity contribution is -0.112. The van der Waals surface area contributed by atoms with Gasteiger partial charge in [0.05, 0.1) is 19.1 Å². The van der Waals surface area contributed by atoms with Crippen molar-refractivity contribution in [1.82, 2.24) is 0 Å². The predicted molar refractivity (Wildman–Crippen MR) is 94.2 cm³/mol. The molecule has 1 aliphatic carbocycles. The van der Waals surface area contributed by atoms with Gasteiger partial charge in [-0.3, -0.25) is 9.59 Å². The Balaban J connectivity index is 2.11. The number of carbonyl (C=O) groups excluding carboxylic acids is 2. The van der Waals surface area contributed by atoms with Crippen LogP contribution in [0.3, 0.4) is 0 Å². The van der Waals surface area contributed by atoms with Gasteiger partial charge in [-0.25, -0.2) is 0 Å². The third kappa shape index (κ3) is 3.36. The first-order chi connectivity index (χ1) is 12.0. The zero-order chi connectivity index (χ0) is 18.0. The average Bonchev–Trinajstić information content (AvgIpc) is 2.60. The van der Waals surface area contributed by atoms with Crippen molar-refractivity contribution in [2.24, 2.45) is 0 Å². The maximum absolute atomic E-state index is 12.6. The zero-order valence-electron chi connectivity index (χ0n) is 14.2. The summed E-state index contributed by atoms with van der Waals surface area (Å²) in [4.78, 5) is 24.0. The molecular formula is C20H20O5. The summed E-state index contributed by atoms with van der Waals surface area (Å²) in [5.41, 5.74) is 1.57. The van der Waals surface area contributed by atoms with Crippen LogP contribution in [0, 0.1) is 0 Å². The van der Waals surface area contributed by atoms with E-state index in [1.807, 2.05) is 6.08 Å². The lowest BCUT2D eigenvalue weighted by atomic mass is 9.91. The number of rotatable bonds is 4. The number of allylic oxidation sites excluding steroid dienone is 3. The van der Waals surface area contributed by atoms with Crippen LogP contribution < -0.4 is 9.47 Å². The van der Waals surface area contributed by atoms with E-state index >= 15 is 0 Å². The number of fused-ring (bicyclic) bond motifs is 1. The molecule has 1 aromatic rings. The van der Waals surface area contributed by atoms with E-state index in [0.717, 1.165) is 18.4 Å². The van der Waals surface area contributed by atoms with Gasteiger partial charge in [-0.1, -0.05) is 18.2 Å². The predicted octanol–water partition coefficient (Wildman–Crippen LogP) is 3.61. The molecule has 0 bridgehead atoms. The molecule has 0 saturated heterocycles. The van der Waals surface area contributed by atoms with Gasteiger partial charge in [0.25, 0.3) is 0 Å². The highest BCUT2D eigenvalue weighted by molar-refractivity contribution is 6.05. The summed E-state index contributed by atoms with van der Waals surface area (Å²) in [5, 5.41) is 10.2. The van der Waals surface area contributed by atoms with Crippen molar-refractivity contribution in [3.8, 4) is 17.2 Å². The number of phenolic OH excluding ortho intramolecular Hbond substituents is 1. The van der Waals surface area contributed by atoms with Crippen molar-refractivity contribution >= 4 is 17.6 Å². The van der Waals surface area contributed by atoms with Gasteiger partial charge in [-0.05, 0) is 37.5 Å². The Morgan fingerprint density at radius 3 is 2.84 bits per heavy atom. The van der Waals surface area contributed by atoms with E-state index in [1.165, 1.54) is 26.2 Å². The first kappa shape index (κ1) is 17.0. The van der Waals surface area contributed by atoms with E-state index < -0.39 is 6.10 Å². The van der Waals surface area contributed by atoms with E-state index in [2.05, 4.69) is 12.2 Å². The SMILES string of the molecule is COc1cc(O)c2c(c1C=CC(C)=O)O[C@H](C1=CCCC=C1)CC2=O. The molecule has 130 valence electrons. The van der Waals surface area contributed by atoms with Crippen LogP contribution in [-0.2, 0) is 4.79 Å². The molecule has 1 heterocycles. The Bertz CT molecular complexity index is 814. The highest BCUT2D eigenvalue weighted by Gasteiger charge is 2.33. The lowest BCUT2D eigenvalue weighted by Gasteiger charge is -2.29. The van der Waals surface area contributed by atoms with E-state index in [4.69, 9.17) is 9.47 Å². The van der Waals surface area contributed by atoms with Gasteiger partial charge in [0, 0.05) is 6.07 Å². The third-order valence-electron chi connectivity index (χ3n) is 4.27. The Labute approximate surface area is 146 Å². The molecule has 0 saturated carbocycles. The summed E-state index contributed by atoms with van der Waals surface area (Å²) in [6, 6.07) is 1.38. The molecule has 25 heavy (non-hydrogen) atoms. The third-order valence-corrected chi connectivity index (χ3v) is 4.27. The molecule has 2 aliphatic rings. The minimum Gasteiger partial charge on any atom is -0.507 e. The summed E-state index contributed by atoms with van der Waals surface area (Å²) in [5.74, 6) is 0.0958. The van der Waals surface area contributed by atoms with E-state index in [1.54, 1.807) is 6.08 Å². The van der Waals surface area contributed by atoms with Gasteiger partial charge in [0.2, 0.25) is 0 Å². The minimum absolute atomic E-state index is 0.138. The molecule has 1 N–H and O–H groups in total. The maximum atomic E-state index is 12.6. The normalized spacial score (nSPS) is 19.4. The van der Waals surface area contributed by atoms with Crippen LogP contribution in [0.25, 0.3) is 6.08 Å². The standard InChI is InChI=1S/C20H20O5/c1-12(21)8-9-14-18(24-2)11-16(23)19-15(22)10-17(25-20(14)19)13-6-4-3-5-7-13/h4,6-9,11,17,23H,3,5,10H2,1-2H3/t17-/m0/s1. The van der Waals surface area contributed by atoms with Crippen LogP contribution in [0.15, 0.2) is 35.9 Å². The van der Waals surface area contributed by atoms with Gasteiger partial charge in [0.15, 0.2) is 11.6 Å². The van der Waals surface area contributed by atoms with Gasteiger partial charge < -0.3 is 14.6 Å². The number of Topliss-reactive ketones (excluding diaryl/α,β-unsaturated/α-hetero) is 1. The van der Waals surface area contributed by atoms with Gasteiger partial charge in [0.1, 0.15) is 28.9 Å². The molecule has 0 spiro atoms. The summed E-state index contributed by atoms with van der Waals surface area (Å²) in [6.07, 6.45) is 10.7. The van der Waals surface area contributed by atoms with Crippen molar-refractivity contribution in [1.29, 1.82) is 0 Å². The fourth-order valence-corrected chi connectivity index (χ4v) is 3.07. The monoisotopic (exact) mass is 340 g/mol. The first-order valence-electron chi connectivity index (χ1n) is 8.20. The number of carbonyl (C=O) groups is 2. The first-order valence-corrected chi connectivity index (χ1v) is 8.20. The minimum atomic E-state index is -0.410. The Morgan fingerprint density at radius 2 is 2.20 bits per heavy atom. The fourth-order valence-electron chi connectivity index (χ4n) is 3.07. The summed E-state index contributed by atoms with van der Waals surface area (Å²) in [7, 11) is 1.46. The molecule has 0 fully saturated rings. The second-order valence-corrected chi connectivity index (χ2v) is 6.08. The number of methoxy groups -OCH3 is 1. The van der Waals surface area contributed by atoms with Crippen LogP contribution >= 0.6 is 0 Å². The van der Waals surface area contributed by atoms with Crippen LogP contribution in [-0.4, -0.2) is 29.9 Å². The summed E-state index contributed by atoms with van der Waals surface area (Å²) >= 11 is 0. The Morgan fingerprint density at radius 1 is 1.40 bits per heavy atom. The quantitative estimate of drug-likeness (QED) is 0.848. The molecule has 0 amide bonds. The van der Waals surface area contributed by atoms with Crippen molar-refractivity contribution in [2.45, 2.75) is 32.3 Å². The second kappa shape index (κ2) is 6.97. The highest BCUT2D eigenvalue weighted by atomic mass is 16.5. The number of benzene rings is 1. The fraction of sp³-hybridized carbons (Fsp3) is 0.300. The summed E-state index contributed by atoms with van der Waals surface area (Å²) in [6.45, 7) is 1.43. The topological polar surface area (TPSA) is 72.8 Å². The number of hydrogen-bond acceptors (Lipinski definition) is 5. The molecule has 1 atom stereocenters. The van der Waals surface area contributed by atoms with Crippen molar-refractivity contribution in [2.75, 3.05) is 7.11 Å². The molecule has 3 rings (SSSR count). The van der Waals surface area contributed by atoms with Gasteiger partial charge >= 0.3 is 0 Å². The molecular weight excluding hydrogens is 320 g/mol. The Hall–Kier alpha value is -2.82. The van der Waals surface area contributed by atoms with Crippen molar-refractivity contribution in [3.05, 3.63) is 47.1 Å². The number of phenols is 1. The van der Waals surface area contributed by atoms with Crippen LogP contribution in [0.1, 0.15) is 42.1 Å². The molecule has 0 radical (unpaired) electrons. The van der Waals surface area contributed by atoms with Gasteiger partial charge in [-0.2, -0.15) is 0 Å². The van der Waals surface area contributed by atoms with Gasteiger partial charge in [-0.15, -0.1) is 0 Å². The van der Waals surface area contributed by atoms with Crippen LogP contribution in [0.2, 0.25) is 0 Å². The molecule has 1 aliphatic heterocycles. The number of ether oxygens (including phenoxy) is 2. The maximum Gasteiger partial charge on any atom is 0.174 e. The smallest absolute Gasteiger partial charge is 0.174 e. The average molecular weight is 340 g/mol. The molecule has 5 heteroatoms. The highest BCUT2D eigenvalue weighted by Crippen LogP contribution is 2.44. The molecule has 5 nitrogen and oxygen atoms in total. The van der Waals surface area contributed by atoms with Crippen LogP contribution in [0.4, 0.5) is 0 Å². The second-order valence-electron chi connectivity index (χ2n) is 6.08. The zero-order valence-corrected chi connectivity index (χ0v) is 14.2. The van der Waals surface area contributed by atoms with E-state index in [-0.39, 0.29) is 35.0 Å². The molecule has 0 aromatic heterocycles.